The van der Waals surface area contributed by atoms with Crippen LogP contribution in [0.5, 0.6) is 0 Å². The van der Waals surface area contributed by atoms with Crippen molar-refractivity contribution in [1.82, 2.24) is 9.97 Å². The molecular weight excluding hydrogens is 155 g/mol. The van der Waals surface area contributed by atoms with Crippen molar-refractivity contribution in [1.29, 1.82) is 0 Å². The molecule has 1 aromatic heterocycles. The average molecular weight is 162 g/mol. The Bertz CT molecular complexity index is 177. The average Bonchev–Trinajstić information content (AvgIpc) is 1.59. The smallest absolute Gasteiger partial charge is 0.740 e. The fourth-order valence-corrected chi connectivity index (χ4v) is 0.982. The molecule has 4 heteroatoms. The molecule has 0 saturated heterocycles. The summed E-state index contributed by atoms with van der Waals surface area (Å²) in [5, 5.41) is 0.438. The van der Waals surface area contributed by atoms with Gasteiger partial charge in [0.05, 0.1) is 0 Å². The maximum absolute atomic E-state index is 4.76. The molecule has 0 atom stereocenters. The van der Waals surface area contributed by atoms with Crippen LogP contribution >= 0.6 is 0 Å². The van der Waals surface area contributed by atoms with Crippen LogP contribution in [0.15, 0.2) is 11.2 Å². The normalized spacial score (nSPS) is 8.60. The molecule has 0 bridgehead atoms. The molecule has 1 heterocycles. The third-order valence-electron chi connectivity index (χ3n) is 0.962. The van der Waals surface area contributed by atoms with E-state index in [9.17, 15) is 0 Å². The zero-order valence-corrected chi connectivity index (χ0v) is 9.20. The predicted octanol–water partition coefficient (Wildman–Crippen LogP) is -2.00. The Labute approximate surface area is 88.2 Å². The minimum atomic E-state index is 0. The molecule has 0 fully saturated rings. The zero-order valence-electron chi connectivity index (χ0n) is 6.38. The minimum Gasteiger partial charge on any atom is -0.740 e. The van der Waals surface area contributed by atoms with Gasteiger partial charge >= 0.3 is 29.6 Å². The largest absolute Gasteiger partial charge is 1.00 e. The number of hydrogen-bond acceptors (Lipinski definition) is 3. The van der Waals surface area contributed by atoms with Crippen molar-refractivity contribution in [3.05, 3.63) is 17.5 Å². The molecule has 0 spiro atoms. The fraction of sp³-hybridized carbons (Fsp3) is 0.333. The van der Waals surface area contributed by atoms with E-state index in [1.807, 2.05) is 19.9 Å². The third-order valence-corrected chi connectivity index (χ3v) is 1.14. The summed E-state index contributed by atoms with van der Waals surface area (Å²) in [5.74, 6) is 0. The van der Waals surface area contributed by atoms with Crippen molar-refractivity contribution < 1.29 is 29.6 Å². The van der Waals surface area contributed by atoms with E-state index in [0.717, 1.165) is 11.4 Å². The van der Waals surface area contributed by atoms with Crippen molar-refractivity contribution in [2.24, 2.45) is 0 Å². The Morgan fingerprint density at radius 1 is 1.20 bits per heavy atom. The summed E-state index contributed by atoms with van der Waals surface area (Å²) in [7, 11) is 0. The number of rotatable bonds is 0. The van der Waals surface area contributed by atoms with Gasteiger partial charge in [-0.05, 0) is 19.9 Å². The number of aromatic nitrogens is 2. The Kier molecular flexibility index (Phi) is 4.36. The van der Waals surface area contributed by atoms with Gasteiger partial charge in [0.15, 0.2) is 0 Å². The molecule has 0 radical (unpaired) electrons. The maximum atomic E-state index is 4.76. The van der Waals surface area contributed by atoms with E-state index in [2.05, 4.69) is 9.97 Å². The summed E-state index contributed by atoms with van der Waals surface area (Å²) in [6.45, 7) is 3.81. The summed E-state index contributed by atoms with van der Waals surface area (Å²) in [6, 6.07) is 1.90. The van der Waals surface area contributed by atoms with Crippen LogP contribution in [0.1, 0.15) is 11.4 Å². The summed E-state index contributed by atoms with van der Waals surface area (Å²) in [4.78, 5) is 7.88. The van der Waals surface area contributed by atoms with Gasteiger partial charge in [-0.3, -0.25) is 9.97 Å². The first kappa shape index (κ1) is 10.3. The van der Waals surface area contributed by atoms with E-state index in [1.165, 1.54) is 0 Å². The number of aryl methyl sites for hydroxylation is 2. The second kappa shape index (κ2) is 4.23. The second-order valence-electron chi connectivity index (χ2n) is 1.93. The van der Waals surface area contributed by atoms with Gasteiger partial charge in [0.25, 0.3) is 0 Å². The Morgan fingerprint density at radius 3 is 1.90 bits per heavy atom. The summed E-state index contributed by atoms with van der Waals surface area (Å²) < 4.78 is 0. The van der Waals surface area contributed by atoms with Crippen LogP contribution in [-0.4, -0.2) is 9.97 Å². The van der Waals surface area contributed by atoms with Crippen LogP contribution in [0.25, 0.3) is 0 Å². The maximum Gasteiger partial charge on any atom is 1.00 e. The summed E-state index contributed by atoms with van der Waals surface area (Å²) >= 11 is 4.76. The van der Waals surface area contributed by atoms with E-state index in [4.69, 9.17) is 12.6 Å². The van der Waals surface area contributed by atoms with E-state index >= 15 is 0 Å². The topological polar surface area (TPSA) is 25.8 Å². The van der Waals surface area contributed by atoms with Crippen molar-refractivity contribution in [2.75, 3.05) is 0 Å². The van der Waals surface area contributed by atoms with Crippen LogP contribution in [0, 0.1) is 13.8 Å². The Hall–Kier alpha value is 0.300. The molecule has 0 saturated carbocycles. The van der Waals surface area contributed by atoms with E-state index in [-0.39, 0.29) is 29.6 Å². The van der Waals surface area contributed by atoms with Crippen molar-refractivity contribution >= 4 is 12.6 Å². The first-order chi connectivity index (χ1) is 4.18. The Morgan fingerprint density at radius 2 is 1.60 bits per heavy atom. The van der Waals surface area contributed by atoms with E-state index in [0.29, 0.717) is 5.16 Å². The monoisotopic (exact) mass is 162 g/mol. The van der Waals surface area contributed by atoms with Crippen molar-refractivity contribution in [3.8, 4) is 0 Å². The molecular formula is C6H7N2NaS. The SMILES string of the molecule is Cc1cc(C)nc([S-])n1.[Na+]. The second-order valence-corrected chi connectivity index (χ2v) is 2.30. The molecule has 1 aromatic rings. The van der Waals surface area contributed by atoms with Crippen LogP contribution in [0.2, 0.25) is 0 Å². The van der Waals surface area contributed by atoms with Gasteiger partial charge in [-0.15, -0.1) is 0 Å². The molecule has 0 unspecified atom stereocenters. The first-order valence-electron chi connectivity index (χ1n) is 2.68. The predicted molar refractivity (Wildman–Crippen MR) is 37.1 cm³/mol. The van der Waals surface area contributed by atoms with Gasteiger partial charge in [-0.1, -0.05) is 0 Å². The number of nitrogens with zero attached hydrogens (tertiary/aromatic N) is 2. The molecule has 1 rings (SSSR count). The third kappa shape index (κ3) is 2.92. The molecule has 0 aromatic carbocycles. The van der Waals surface area contributed by atoms with Gasteiger partial charge in [0.1, 0.15) is 0 Å². The van der Waals surface area contributed by atoms with Gasteiger partial charge in [-0.2, -0.15) is 0 Å². The summed E-state index contributed by atoms with van der Waals surface area (Å²) in [6.07, 6.45) is 0. The zero-order chi connectivity index (χ0) is 6.85. The van der Waals surface area contributed by atoms with Gasteiger partial charge in [0.2, 0.25) is 0 Å². The van der Waals surface area contributed by atoms with Crippen LogP contribution in [0.4, 0.5) is 0 Å². The Balaban J connectivity index is 0.000000810. The van der Waals surface area contributed by atoms with Crippen molar-refractivity contribution in [3.63, 3.8) is 0 Å². The van der Waals surface area contributed by atoms with Crippen molar-refractivity contribution in [2.45, 2.75) is 19.0 Å². The molecule has 48 valence electrons. The van der Waals surface area contributed by atoms with E-state index in [1.54, 1.807) is 0 Å². The molecule has 0 aliphatic carbocycles. The molecule has 10 heavy (non-hydrogen) atoms. The van der Waals surface area contributed by atoms with Gasteiger partial charge < -0.3 is 12.6 Å². The van der Waals surface area contributed by atoms with Gasteiger partial charge in [0, 0.05) is 16.5 Å². The van der Waals surface area contributed by atoms with Crippen LogP contribution < -0.4 is 29.6 Å². The quantitative estimate of drug-likeness (QED) is 0.251. The minimum absolute atomic E-state index is 0. The molecule has 0 aliphatic rings. The summed E-state index contributed by atoms with van der Waals surface area (Å²) in [5.41, 5.74) is 1.88. The molecule has 0 amide bonds. The van der Waals surface area contributed by atoms with Gasteiger partial charge in [-0.25, -0.2) is 0 Å². The standard InChI is InChI=1S/C6H8N2S.Na/c1-4-3-5(2)8-6(9)7-4;/h3H,1-2H3,(H,7,8,9);/q;+1/p-1. The van der Waals surface area contributed by atoms with E-state index < -0.39 is 0 Å². The molecule has 0 N–H and O–H groups in total. The first-order valence-corrected chi connectivity index (χ1v) is 3.08. The molecule has 0 aliphatic heterocycles. The van der Waals surface area contributed by atoms with Crippen LogP contribution in [-0.2, 0) is 12.6 Å². The van der Waals surface area contributed by atoms with Crippen LogP contribution in [0.3, 0.4) is 0 Å². The number of hydrogen-bond donors (Lipinski definition) is 0. The molecule has 2 nitrogen and oxygen atoms in total. The fourth-order valence-electron chi connectivity index (χ4n) is 0.694.